The van der Waals surface area contributed by atoms with Crippen molar-refractivity contribution in [1.82, 2.24) is 10.6 Å². The van der Waals surface area contributed by atoms with E-state index in [-0.39, 0.29) is 31.7 Å². The lowest BCUT2D eigenvalue weighted by atomic mass is 9.87. The van der Waals surface area contributed by atoms with Crippen LogP contribution in [0.4, 0.5) is 4.79 Å². The van der Waals surface area contributed by atoms with Crippen LogP contribution in [0.15, 0.2) is 24.3 Å². The number of hydrogen-bond donors (Lipinski definition) is 4. The van der Waals surface area contributed by atoms with Gasteiger partial charge in [0.15, 0.2) is 11.9 Å². The van der Waals surface area contributed by atoms with E-state index in [1.807, 2.05) is 0 Å². The van der Waals surface area contributed by atoms with E-state index >= 15 is 0 Å². The first kappa shape index (κ1) is 31.2. The van der Waals surface area contributed by atoms with E-state index in [1.165, 1.54) is 19.2 Å². The Labute approximate surface area is 221 Å². The fourth-order valence-corrected chi connectivity index (χ4v) is 4.96. The largest absolute Gasteiger partial charge is 0.619 e. The van der Waals surface area contributed by atoms with Gasteiger partial charge < -0.3 is 25.2 Å². The standard InChI is InChI=1S/C24H35N2O11P/c1-23(2,3)35-22(31)26-17(21(29)30)13-15-7-9-16(10-8-15)36-38(32)34-14-24(4,5)19(37-38)20(28)25-12-11-18(27)33-6/h7-10,17,19,32H,11-14H2,1-6H3,(H2-,25,26,28,29,30,31)/p+1/t17?,19-,38?/m0/s1. The van der Waals surface area contributed by atoms with Gasteiger partial charge in [0, 0.05) is 18.4 Å². The number of amides is 2. The summed E-state index contributed by atoms with van der Waals surface area (Å²) in [5, 5.41) is 14.4. The second-order valence-corrected chi connectivity index (χ2v) is 11.9. The zero-order chi connectivity index (χ0) is 28.7. The van der Waals surface area contributed by atoms with Crippen molar-refractivity contribution in [3.63, 3.8) is 0 Å². The van der Waals surface area contributed by atoms with Gasteiger partial charge in [-0.1, -0.05) is 26.0 Å². The minimum Gasteiger partial charge on any atom is -0.480 e. The number of ether oxygens (including phenoxy) is 2. The van der Waals surface area contributed by atoms with Gasteiger partial charge in [-0.05, 0) is 38.5 Å². The summed E-state index contributed by atoms with van der Waals surface area (Å²) < 4.78 is 26.3. The topological polar surface area (TPSA) is 179 Å². The molecular weight excluding hydrogens is 523 g/mol. The molecule has 0 aliphatic carbocycles. The van der Waals surface area contributed by atoms with E-state index in [4.69, 9.17) is 18.3 Å². The van der Waals surface area contributed by atoms with Crippen LogP contribution >= 0.6 is 8.17 Å². The third-order valence-electron chi connectivity index (χ3n) is 5.22. The molecule has 1 fully saturated rings. The monoisotopic (exact) mass is 559 g/mol. The van der Waals surface area contributed by atoms with Gasteiger partial charge >= 0.3 is 26.2 Å². The Morgan fingerprint density at radius 2 is 1.82 bits per heavy atom. The number of rotatable bonds is 10. The summed E-state index contributed by atoms with van der Waals surface area (Å²) in [6.45, 7) is 8.43. The van der Waals surface area contributed by atoms with Crippen LogP contribution in [0.5, 0.6) is 5.75 Å². The van der Waals surface area contributed by atoms with E-state index in [9.17, 15) is 29.2 Å². The van der Waals surface area contributed by atoms with Crippen molar-refractivity contribution >= 4 is 32.1 Å². The van der Waals surface area contributed by atoms with Crippen molar-refractivity contribution in [3.05, 3.63) is 29.8 Å². The fourth-order valence-electron chi connectivity index (χ4n) is 3.27. The van der Waals surface area contributed by atoms with Crippen molar-refractivity contribution in [2.24, 2.45) is 5.41 Å². The Hall–Kier alpha value is -2.99. The summed E-state index contributed by atoms with van der Waals surface area (Å²) >= 11 is 0. The Balaban J connectivity index is 2.02. The zero-order valence-electron chi connectivity index (χ0n) is 22.3. The van der Waals surface area contributed by atoms with Gasteiger partial charge in [0.05, 0.1) is 13.5 Å². The summed E-state index contributed by atoms with van der Waals surface area (Å²) in [5.74, 6) is -2.11. The fraction of sp³-hybridized carbons (Fsp3) is 0.583. The minimum atomic E-state index is -3.95. The average Bonchev–Trinajstić information content (AvgIpc) is 2.80. The Kier molecular flexibility index (Phi) is 10.4. The minimum absolute atomic E-state index is 0.0236. The molecule has 1 aliphatic heterocycles. The van der Waals surface area contributed by atoms with E-state index in [2.05, 4.69) is 15.4 Å². The van der Waals surface area contributed by atoms with Crippen molar-refractivity contribution in [2.45, 2.75) is 65.2 Å². The van der Waals surface area contributed by atoms with E-state index in [1.54, 1.807) is 46.8 Å². The maximum Gasteiger partial charge on any atom is 0.619 e. The van der Waals surface area contributed by atoms with E-state index < -0.39 is 55.3 Å². The highest BCUT2D eigenvalue weighted by Gasteiger charge is 2.60. The van der Waals surface area contributed by atoms with Gasteiger partial charge in [-0.3, -0.25) is 14.1 Å². The normalized spacial score (nSPS) is 21.5. The van der Waals surface area contributed by atoms with Crippen LogP contribution in [0.3, 0.4) is 0 Å². The summed E-state index contributed by atoms with van der Waals surface area (Å²) in [5.41, 5.74) is -1.03. The number of esters is 1. The summed E-state index contributed by atoms with van der Waals surface area (Å²) in [4.78, 5) is 58.4. The van der Waals surface area contributed by atoms with E-state index in [0.29, 0.717) is 5.56 Å². The van der Waals surface area contributed by atoms with Gasteiger partial charge in [0.1, 0.15) is 18.2 Å². The molecule has 0 aromatic heterocycles. The lowest BCUT2D eigenvalue weighted by Gasteiger charge is -2.36. The number of hydrogen-bond acceptors (Lipinski definition) is 10. The number of alkyl carbamates (subject to hydrolysis) is 1. The molecule has 13 nitrogen and oxygen atoms in total. The maximum atomic E-state index is 12.7. The van der Waals surface area contributed by atoms with Gasteiger partial charge in [0.2, 0.25) is 0 Å². The van der Waals surface area contributed by atoms with Crippen LogP contribution in [-0.2, 0) is 39.3 Å². The molecule has 1 aromatic rings. The molecular formula is C24H36N2O11P+. The highest BCUT2D eigenvalue weighted by molar-refractivity contribution is 7.56. The van der Waals surface area contributed by atoms with Crippen LogP contribution in [0.2, 0.25) is 0 Å². The highest BCUT2D eigenvalue weighted by Crippen LogP contribution is 2.63. The van der Waals surface area contributed by atoms with Crippen molar-refractivity contribution in [1.29, 1.82) is 0 Å². The third-order valence-corrected chi connectivity index (χ3v) is 6.59. The number of carbonyl (C=O) groups is 4. The van der Waals surface area contributed by atoms with Crippen LogP contribution in [0, 0.1) is 5.41 Å². The quantitative estimate of drug-likeness (QED) is 0.244. The Morgan fingerprint density at radius 3 is 2.37 bits per heavy atom. The molecule has 0 radical (unpaired) electrons. The van der Waals surface area contributed by atoms with Crippen LogP contribution in [0.25, 0.3) is 0 Å². The molecule has 2 unspecified atom stereocenters. The maximum absolute atomic E-state index is 12.7. The van der Waals surface area contributed by atoms with Crippen molar-refractivity contribution < 1.29 is 52.2 Å². The molecule has 38 heavy (non-hydrogen) atoms. The van der Waals surface area contributed by atoms with Gasteiger partial charge in [-0.2, -0.15) is 4.89 Å². The number of carboxylic acids is 1. The smallest absolute Gasteiger partial charge is 0.480 e. The Bertz CT molecular complexity index is 1010. The predicted octanol–water partition coefficient (Wildman–Crippen LogP) is 2.38. The summed E-state index contributed by atoms with van der Waals surface area (Å²) in [6.07, 6.45) is -2.04. The molecule has 1 heterocycles. The molecule has 2 amide bonds. The first-order valence-electron chi connectivity index (χ1n) is 11.8. The number of nitrogens with one attached hydrogen (secondary N) is 2. The van der Waals surface area contributed by atoms with Gasteiger partial charge in [-0.15, -0.1) is 9.05 Å². The van der Waals surface area contributed by atoms with Crippen molar-refractivity contribution in [2.75, 3.05) is 20.3 Å². The number of benzene rings is 1. The number of carbonyl (C=O) groups excluding carboxylic acids is 3. The molecule has 212 valence electrons. The predicted molar refractivity (Wildman–Crippen MR) is 135 cm³/mol. The number of carboxylic acid groups (broad SMARTS) is 1. The molecule has 0 bridgehead atoms. The molecule has 0 spiro atoms. The molecule has 0 saturated carbocycles. The lowest BCUT2D eigenvalue weighted by Crippen LogP contribution is -2.51. The first-order valence-corrected chi connectivity index (χ1v) is 13.3. The summed E-state index contributed by atoms with van der Waals surface area (Å²) in [7, 11) is -2.70. The molecule has 1 saturated heterocycles. The van der Waals surface area contributed by atoms with Crippen molar-refractivity contribution in [3.8, 4) is 5.75 Å². The van der Waals surface area contributed by atoms with E-state index in [0.717, 1.165) is 0 Å². The molecule has 14 heteroatoms. The second kappa shape index (κ2) is 12.7. The Morgan fingerprint density at radius 1 is 1.18 bits per heavy atom. The zero-order valence-corrected chi connectivity index (χ0v) is 23.2. The number of methoxy groups -OCH3 is 1. The highest BCUT2D eigenvalue weighted by atomic mass is 31.2. The van der Waals surface area contributed by atoms with Gasteiger partial charge in [0.25, 0.3) is 5.91 Å². The first-order chi connectivity index (χ1) is 17.5. The number of aliphatic carboxylic acids is 1. The second-order valence-electron chi connectivity index (χ2n) is 10.3. The molecule has 4 N–H and O–H groups in total. The van der Waals surface area contributed by atoms with Crippen LogP contribution in [0.1, 0.15) is 46.6 Å². The van der Waals surface area contributed by atoms with Crippen LogP contribution < -0.4 is 15.2 Å². The molecule has 1 aliphatic rings. The average molecular weight is 560 g/mol. The van der Waals surface area contributed by atoms with Gasteiger partial charge in [-0.25, -0.2) is 9.59 Å². The lowest BCUT2D eigenvalue weighted by molar-refractivity contribution is -0.143. The third kappa shape index (κ3) is 9.71. The molecule has 3 atom stereocenters. The summed E-state index contributed by atoms with van der Waals surface area (Å²) in [6, 6.07) is 4.81. The SMILES string of the molecule is COC(=O)CCNC(=O)[C@@H]1O[P+](O)(Oc2ccc(CC(NC(=O)OC(C)(C)C)C(=O)O)cc2)OCC1(C)C. The van der Waals surface area contributed by atoms with Crippen LogP contribution in [-0.4, -0.2) is 71.9 Å². The molecule has 1 aromatic carbocycles. The molecule has 2 rings (SSSR count).